The molecule has 1 fully saturated rings. The summed E-state index contributed by atoms with van der Waals surface area (Å²) in [5.74, 6) is 0.823. The van der Waals surface area contributed by atoms with Crippen molar-refractivity contribution in [3.8, 4) is 16.3 Å². The quantitative estimate of drug-likeness (QED) is 0.164. The molecule has 210 valence electrons. The Morgan fingerprint density at radius 2 is 1.82 bits per heavy atom. The number of rotatable bonds is 12. The predicted octanol–water partition coefficient (Wildman–Crippen LogP) is 8.89. The molecule has 0 radical (unpaired) electrons. The van der Waals surface area contributed by atoms with Gasteiger partial charge < -0.3 is 9.47 Å². The van der Waals surface area contributed by atoms with E-state index in [1.54, 1.807) is 0 Å². The number of benzene rings is 2. The lowest BCUT2D eigenvalue weighted by atomic mass is 9.91. The van der Waals surface area contributed by atoms with E-state index in [4.69, 9.17) is 9.47 Å². The van der Waals surface area contributed by atoms with E-state index in [9.17, 15) is 18.0 Å². The fourth-order valence-electron chi connectivity index (χ4n) is 4.85. The van der Waals surface area contributed by atoms with E-state index < -0.39 is 11.7 Å². The Kier molecular flexibility index (Phi) is 9.36. The van der Waals surface area contributed by atoms with Gasteiger partial charge in [-0.25, -0.2) is 4.98 Å². The van der Waals surface area contributed by atoms with Crippen molar-refractivity contribution in [2.45, 2.75) is 78.0 Å². The summed E-state index contributed by atoms with van der Waals surface area (Å²) in [5.41, 5.74) is 3.01. The minimum absolute atomic E-state index is 0.158. The average molecular weight is 560 g/mol. The van der Waals surface area contributed by atoms with Gasteiger partial charge in [0.25, 0.3) is 0 Å². The first-order chi connectivity index (χ1) is 18.6. The van der Waals surface area contributed by atoms with E-state index in [0.29, 0.717) is 22.9 Å². The number of aromatic nitrogens is 1. The van der Waals surface area contributed by atoms with Crippen molar-refractivity contribution >= 4 is 17.3 Å². The number of nitrogens with zero attached hydrogens (tertiary/aromatic N) is 1. The summed E-state index contributed by atoms with van der Waals surface area (Å²) in [6, 6.07) is 11.2. The molecule has 3 aromatic rings. The van der Waals surface area contributed by atoms with Crippen LogP contribution < -0.4 is 4.74 Å². The highest BCUT2D eigenvalue weighted by Crippen LogP contribution is 2.47. The Hall–Kier alpha value is -2.87. The van der Waals surface area contributed by atoms with Gasteiger partial charge in [-0.05, 0) is 74.9 Å². The molecule has 1 saturated carbocycles. The molecule has 4 rings (SSSR count). The van der Waals surface area contributed by atoms with Crippen LogP contribution in [0.4, 0.5) is 13.2 Å². The first-order valence-electron chi connectivity index (χ1n) is 13.6. The molecule has 0 N–H and O–H groups in total. The van der Waals surface area contributed by atoms with E-state index in [1.807, 2.05) is 32.0 Å². The molecule has 2 aromatic carbocycles. The Morgan fingerprint density at radius 3 is 2.41 bits per heavy atom. The fraction of sp³-hybridized carbons (Fsp3) is 0.484. The van der Waals surface area contributed by atoms with Gasteiger partial charge in [-0.15, -0.1) is 11.3 Å². The number of esters is 1. The van der Waals surface area contributed by atoms with Crippen molar-refractivity contribution < 1.29 is 27.4 Å². The smallest absolute Gasteiger partial charge is 0.416 e. The summed E-state index contributed by atoms with van der Waals surface area (Å²) in [5, 5.41) is 0.689. The third kappa shape index (κ3) is 7.41. The third-order valence-electron chi connectivity index (χ3n) is 7.33. The van der Waals surface area contributed by atoms with Crippen LogP contribution in [0.25, 0.3) is 10.6 Å². The zero-order valence-corrected chi connectivity index (χ0v) is 23.8. The molecule has 0 bridgehead atoms. The van der Waals surface area contributed by atoms with Crippen molar-refractivity contribution in [3.05, 3.63) is 69.7 Å². The molecule has 4 nitrogen and oxygen atoms in total. The highest BCUT2D eigenvalue weighted by Gasteiger charge is 2.37. The summed E-state index contributed by atoms with van der Waals surface area (Å²) in [6.45, 7) is 6.11. The Labute approximate surface area is 232 Å². The number of unbranched alkanes of at least 4 members (excludes halogenated alkanes) is 2. The molecule has 0 aliphatic heterocycles. The monoisotopic (exact) mass is 559 g/mol. The number of carbonyl (C=O) groups excluding carboxylic acids is 1. The Morgan fingerprint density at radius 1 is 1.10 bits per heavy atom. The Balaban J connectivity index is 1.50. The molecule has 1 aliphatic carbocycles. The van der Waals surface area contributed by atoms with Crippen LogP contribution in [0.2, 0.25) is 0 Å². The van der Waals surface area contributed by atoms with Gasteiger partial charge in [0.1, 0.15) is 16.9 Å². The molecule has 1 aromatic heterocycles. The van der Waals surface area contributed by atoms with E-state index in [1.165, 1.54) is 30.6 Å². The van der Waals surface area contributed by atoms with Crippen molar-refractivity contribution in [2.24, 2.45) is 11.8 Å². The maximum atomic E-state index is 13.0. The number of aryl methyl sites for hydroxylation is 2. The number of methoxy groups -OCH3 is 1. The second-order valence-electron chi connectivity index (χ2n) is 10.4. The second kappa shape index (κ2) is 12.5. The van der Waals surface area contributed by atoms with Gasteiger partial charge in [-0.3, -0.25) is 4.79 Å². The van der Waals surface area contributed by atoms with E-state index in [-0.39, 0.29) is 18.0 Å². The van der Waals surface area contributed by atoms with Crippen LogP contribution in [0, 0.1) is 25.7 Å². The van der Waals surface area contributed by atoms with Crippen LogP contribution in [0.1, 0.15) is 78.8 Å². The summed E-state index contributed by atoms with van der Waals surface area (Å²) in [6.07, 6.45) is 2.25. The number of alkyl halides is 3. The lowest BCUT2D eigenvalue weighted by Crippen LogP contribution is -2.19. The van der Waals surface area contributed by atoms with Gasteiger partial charge in [0, 0.05) is 11.5 Å². The molecule has 39 heavy (non-hydrogen) atoms. The standard InChI is InChI=1S/C31H36F3NO3S/c1-5-6-7-8-24(30(36)37-4)18-23-13-16-26(17-19(23)2)38-27(21-9-10-21)28-20(3)35-29(39-28)22-11-14-25(15-12-22)31(32,33)34/h11-17,21,24,27H,5-10,18H2,1-4H3. The molecule has 0 amide bonds. The lowest BCUT2D eigenvalue weighted by molar-refractivity contribution is -0.145. The molecule has 8 heteroatoms. The van der Waals surface area contributed by atoms with Crippen LogP contribution in [0.3, 0.4) is 0 Å². The van der Waals surface area contributed by atoms with Crippen LogP contribution in [-0.2, 0) is 22.1 Å². The van der Waals surface area contributed by atoms with E-state index in [0.717, 1.165) is 78.1 Å². The highest BCUT2D eigenvalue weighted by molar-refractivity contribution is 7.15. The van der Waals surface area contributed by atoms with E-state index in [2.05, 4.69) is 11.9 Å². The number of ether oxygens (including phenoxy) is 2. The molecule has 2 atom stereocenters. The minimum Gasteiger partial charge on any atom is -0.485 e. The normalized spacial score (nSPS) is 15.2. The van der Waals surface area contributed by atoms with Crippen molar-refractivity contribution in [1.29, 1.82) is 0 Å². The summed E-state index contributed by atoms with van der Waals surface area (Å²) in [7, 11) is 1.45. The van der Waals surface area contributed by atoms with Gasteiger partial charge in [0.15, 0.2) is 0 Å². The SMILES string of the molecule is CCCCCC(Cc1ccc(OC(c2sc(-c3ccc(C(F)(F)F)cc3)nc2C)C2CC2)cc1C)C(=O)OC. The minimum atomic E-state index is -4.36. The largest absolute Gasteiger partial charge is 0.485 e. The number of hydrogen-bond acceptors (Lipinski definition) is 5. The number of hydrogen-bond donors (Lipinski definition) is 0. The van der Waals surface area contributed by atoms with Crippen molar-refractivity contribution in [1.82, 2.24) is 4.98 Å². The number of halogens is 3. The molecule has 2 unspecified atom stereocenters. The van der Waals surface area contributed by atoms with Crippen LogP contribution in [-0.4, -0.2) is 18.1 Å². The van der Waals surface area contributed by atoms with Crippen molar-refractivity contribution in [2.75, 3.05) is 7.11 Å². The molecule has 1 heterocycles. The predicted molar refractivity (Wildman–Crippen MR) is 148 cm³/mol. The molecule has 0 saturated heterocycles. The van der Waals surface area contributed by atoms with Gasteiger partial charge in [0.05, 0.1) is 29.2 Å². The summed E-state index contributed by atoms with van der Waals surface area (Å²) >= 11 is 1.48. The number of thiazole rings is 1. The van der Waals surface area contributed by atoms with Crippen LogP contribution >= 0.6 is 11.3 Å². The van der Waals surface area contributed by atoms with Gasteiger partial charge >= 0.3 is 12.1 Å². The second-order valence-corrected chi connectivity index (χ2v) is 11.5. The highest BCUT2D eigenvalue weighted by atomic mass is 32.1. The molecule has 1 aliphatic rings. The first kappa shape index (κ1) is 29.1. The maximum absolute atomic E-state index is 13.0. The van der Waals surface area contributed by atoms with Gasteiger partial charge in [0.2, 0.25) is 0 Å². The first-order valence-corrected chi connectivity index (χ1v) is 14.4. The fourth-order valence-corrected chi connectivity index (χ4v) is 6.05. The van der Waals surface area contributed by atoms with Crippen LogP contribution in [0.5, 0.6) is 5.75 Å². The third-order valence-corrected chi connectivity index (χ3v) is 8.60. The molecular formula is C31H36F3NO3S. The summed E-state index contributed by atoms with van der Waals surface area (Å²) in [4.78, 5) is 18.1. The zero-order valence-electron chi connectivity index (χ0n) is 22.9. The topological polar surface area (TPSA) is 48.4 Å². The van der Waals surface area contributed by atoms with Gasteiger partial charge in [-0.1, -0.05) is 44.4 Å². The van der Waals surface area contributed by atoms with Crippen molar-refractivity contribution in [3.63, 3.8) is 0 Å². The maximum Gasteiger partial charge on any atom is 0.416 e. The van der Waals surface area contributed by atoms with Crippen LogP contribution in [0.15, 0.2) is 42.5 Å². The average Bonchev–Trinajstić information content (AvgIpc) is 3.68. The molecule has 0 spiro atoms. The van der Waals surface area contributed by atoms with E-state index >= 15 is 0 Å². The molecular weight excluding hydrogens is 523 g/mol. The lowest BCUT2D eigenvalue weighted by Gasteiger charge is -2.20. The Bertz CT molecular complexity index is 1270. The number of carbonyl (C=O) groups is 1. The zero-order chi connectivity index (χ0) is 28.2. The van der Waals surface area contributed by atoms with Gasteiger partial charge in [-0.2, -0.15) is 13.2 Å². The summed E-state index contributed by atoms with van der Waals surface area (Å²) < 4.78 is 50.5.